The molecule has 3 aromatic carbocycles. The molecule has 0 saturated carbocycles. The van der Waals surface area contributed by atoms with Gasteiger partial charge in [0.2, 0.25) is 5.69 Å². The van der Waals surface area contributed by atoms with Crippen LogP contribution in [0, 0.1) is 17.9 Å². The molecule has 0 bridgehead atoms. The van der Waals surface area contributed by atoms with E-state index in [9.17, 15) is 14.0 Å². The second kappa shape index (κ2) is 29.9. The molecule has 1 aliphatic rings. The molecule has 3 aromatic heterocycles. The summed E-state index contributed by atoms with van der Waals surface area (Å²) < 4.78 is 22.4. The van der Waals surface area contributed by atoms with Gasteiger partial charge in [-0.05, 0) is 59.2 Å². The molecule has 0 spiro atoms. The van der Waals surface area contributed by atoms with Gasteiger partial charge in [-0.1, -0.05) is 65.7 Å². The molecular weight excluding hydrogens is 890 g/mol. The van der Waals surface area contributed by atoms with Gasteiger partial charge < -0.3 is 21.2 Å². The Morgan fingerprint density at radius 3 is 2.07 bits per heavy atom. The van der Waals surface area contributed by atoms with Crippen molar-refractivity contribution >= 4 is 86.5 Å². The summed E-state index contributed by atoms with van der Waals surface area (Å²) in [6.07, 6.45) is 6.96. The monoisotopic (exact) mass is 922 g/mol. The number of esters is 1. The van der Waals surface area contributed by atoms with E-state index >= 15 is 0 Å². The summed E-state index contributed by atoms with van der Waals surface area (Å²) in [6, 6.07) is 26.7. The number of aliphatic imine (C=N–C) groups is 1. The summed E-state index contributed by atoms with van der Waals surface area (Å²) in [4.78, 5) is 54.0. The average Bonchev–Trinajstić information content (AvgIpc) is 3.91. The Bertz CT molecular complexity index is 2540. The number of carbonyl (C=O) groups excluding carboxylic acids is 3. The number of pyridine rings is 2. The smallest absolute Gasteiger partial charge is 1.00 e. The van der Waals surface area contributed by atoms with Crippen LogP contribution in [-0.2, 0) is 38.2 Å². The van der Waals surface area contributed by atoms with E-state index in [2.05, 4.69) is 29.7 Å². The number of Topliss-reactive ketones (excluding diaryl/α,β-unsaturated/α-hetero) is 1. The average molecular weight is 924 g/mol. The zero-order chi connectivity index (χ0) is 43.2. The largest absolute Gasteiger partial charge is 1.00 e. The van der Waals surface area contributed by atoms with Gasteiger partial charge in [0.05, 0.1) is 42.3 Å². The summed E-state index contributed by atoms with van der Waals surface area (Å²) in [7, 11) is -1.00. The number of aromatic nitrogens is 4. The predicted octanol–water partition coefficient (Wildman–Crippen LogP) is 2.64. The quantitative estimate of drug-likeness (QED) is 0.0420. The van der Waals surface area contributed by atoms with E-state index in [0.717, 1.165) is 38.5 Å². The molecule has 0 N–H and O–H groups in total. The van der Waals surface area contributed by atoms with Crippen molar-refractivity contribution in [2.75, 3.05) is 7.15 Å². The number of benzene rings is 3. The fourth-order valence-electron chi connectivity index (χ4n) is 4.92. The molecule has 60 heavy (non-hydrogen) atoms. The minimum Gasteiger partial charge on any atom is -1.00 e. The number of alkyl halides is 2. The summed E-state index contributed by atoms with van der Waals surface area (Å²) in [5.74, 6) is 0.000789. The van der Waals surface area contributed by atoms with Gasteiger partial charge in [0, 0.05) is 42.4 Å². The maximum absolute atomic E-state index is 12.3. The van der Waals surface area contributed by atoms with Crippen molar-refractivity contribution in [1.29, 1.82) is 5.26 Å². The van der Waals surface area contributed by atoms with Crippen molar-refractivity contribution in [1.82, 2.24) is 19.5 Å². The second-order valence-electron chi connectivity index (χ2n) is 11.4. The second-order valence-corrected chi connectivity index (χ2v) is 12.6. The number of allylic oxidation sites excluding steroid dienone is 2. The van der Waals surface area contributed by atoms with E-state index in [-0.39, 0.29) is 135 Å². The third kappa shape index (κ3) is 18.0. The summed E-state index contributed by atoms with van der Waals surface area (Å²) in [5.41, 5.74) is 5.62. The molecule has 1 aliphatic heterocycles. The predicted molar refractivity (Wildman–Crippen MR) is 218 cm³/mol. The van der Waals surface area contributed by atoms with E-state index in [4.69, 9.17) is 62.8 Å². The van der Waals surface area contributed by atoms with Crippen LogP contribution in [0.5, 0.6) is 0 Å². The van der Waals surface area contributed by atoms with Crippen molar-refractivity contribution < 1.29 is 139 Å². The molecular formula is C41H33Cl3FK2N7O6. The number of nitriles is 1. The fourth-order valence-corrected chi connectivity index (χ4v) is 5.42. The van der Waals surface area contributed by atoms with Gasteiger partial charge in [0.15, 0.2) is 5.78 Å². The molecule has 0 aliphatic carbocycles. The Hall–Kier alpha value is -3.28. The van der Waals surface area contributed by atoms with Gasteiger partial charge in [-0.15, -0.1) is 23.2 Å². The number of nitrogens with zero attached hydrogens (tertiary/aromatic N) is 7. The van der Waals surface area contributed by atoms with Gasteiger partial charge in [0.25, 0.3) is 6.47 Å². The molecule has 0 fully saturated rings. The van der Waals surface area contributed by atoms with Crippen LogP contribution in [0.2, 0.25) is 10.0 Å². The van der Waals surface area contributed by atoms with Gasteiger partial charge in [-0.25, -0.2) is 9.79 Å². The van der Waals surface area contributed by atoms with Crippen LogP contribution < -0.4 is 108 Å². The minimum atomic E-state index is -1.00. The zero-order valence-electron chi connectivity index (χ0n) is 34.5. The number of hydrogen-bond donors (Lipinski definition) is 0. The van der Waals surface area contributed by atoms with Gasteiger partial charge in [-0.3, -0.25) is 28.5 Å². The van der Waals surface area contributed by atoms with Crippen LogP contribution in [0.25, 0.3) is 26.7 Å². The Labute approximate surface area is 448 Å². The standard InChI is InChI=1S/C22H15ClN4O2.C10H7Cl2N.C7H6N2O.CH3F.CH2O3.2K.H/c1-24-22-26-20(21(28)29-14-15-5-3-2-4-6-15)13-27(22)12-16-7-8-19-17(9-16)10-18(23)11-25-19;11-5-7-1-2-10-8(3-7)4-9(12)6-13-10;1-5(10)7-3-2-6(4-8)9-7;1-2;2-1-4-3;;;/h2-11,13H,12,14H2;1-4,6H,5H2;3H,2H2,1H3;1H3;1,3H;;;/q;;;;;2*+1;-1/p-1/i;;;1D;;;;. The molecule has 19 heteroatoms. The molecule has 7 rings (SSSR count). The third-order valence-electron chi connectivity index (χ3n) is 7.48. The number of carbonyl (C=O) groups is 3. The number of ketones is 1. The first kappa shape index (κ1) is 52.9. The SMILES string of the molecule is CC(=O)C1=CCC(C#N)=N1.ClCc1ccc2ncc(Cl)cc2c1.O=CO[O-].[2H]CF.[C-]#[N+]c1nc(C(=O)OCc2ccccc2)cn1Cc1ccc2ncc(Cl)cc2c1.[H-].[K+].[K+]. The first-order valence-electron chi connectivity index (χ1n) is 17.3. The van der Waals surface area contributed by atoms with Crippen LogP contribution in [0.1, 0.15) is 43.3 Å². The van der Waals surface area contributed by atoms with Crippen molar-refractivity contribution in [3.05, 3.63) is 153 Å². The normalized spacial score (nSPS) is 10.7. The first-order chi connectivity index (χ1) is 28.5. The molecule has 0 saturated heterocycles. The molecule has 6 aromatic rings. The van der Waals surface area contributed by atoms with Crippen molar-refractivity contribution in [2.24, 2.45) is 4.99 Å². The van der Waals surface area contributed by atoms with Crippen LogP contribution >= 0.6 is 34.8 Å². The first-order valence-corrected chi connectivity index (χ1v) is 17.8. The minimum absolute atomic E-state index is 0. The van der Waals surface area contributed by atoms with E-state index in [1.807, 2.05) is 84.9 Å². The number of fused-ring (bicyclic) bond motifs is 2. The summed E-state index contributed by atoms with van der Waals surface area (Å²) in [5, 5.41) is 19.9. The fraction of sp³-hybridized carbons (Fsp3) is 0.146. The molecule has 13 nitrogen and oxygen atoms in total. The molecule has 4 heterocycles. The number of imidazole rings is 1. The van der Waals surface area contributed by atoms with Crippen molar-refractivity contribution in [3.8, 4) is 6.07 Å². The Morgan fingerprint density at radius 2 is 1.58 bits per heavy atom. The van der Waals surface area contributed by atoms with Crippen LogP contribution in [-0.4, -0.2) is 50.6 Å². The van der Waals surface area contributed by atoms with Gasteiger partial charge >= 0.3 is 115 Å². The number of ether oxygens (including phenoxy) is 1. The van der Waals surface area contributed by atoms with Crippen LogP contribution in [0.4, 0.5) is 10.3 Å². The zero-order valence-corrected chi connectivity index (χ0v) is 41.0. The van der Waals surface area contributed by atoms with E-state index in [0.29, 0.717) is 40.3 Å². The Morgan fingerprint density at radius 1 is 1.02 bits per heavy atom. The van der Waals surface area contributed by atoms with E-state index in [1.165, 1.54) is 6.92 Å². The van der Waals surface area contributed by atoms with Crippen molar-refractivity contribution in [3.63, 3.8) is 0 Å². The van der Waals surface area contributed by atoms with E-state index in [1.54, 1.807) is 29.2 Å². The number of halogens is 4. The molecule has 0 atom stereocenters. The maximum atomic E-state index is 12.3. The number of hydrogen-bond acceptors (Lipinski definition) is 11. The molecule has 0 amide bonds. The molecule has 0 radical (unpaired) electrons. The van der Waals surface area contributed by atoms with E-state index < -0.39 is 13.1 Å². The van der Waals surface area contributed by atoms with Crippen LogP contribution in [0.15, 0.2) is 114 Å². The topological polar surface area (TPSA) is 177 Å². The maximum Gasteiger partial charge on any atom is 1.00 e. The third-order valence-corrected chi connectivity index (χ3v) is 8.20. The summed E-state index contributed by atoms with van der Waals surface area (Å²) in [6.45, 7) is 9.16. The number of rotatable bonds is 8. The van der Waals surface area contributed by atoms with Crippen molar-refractivity contribution in [2.45, 2.75) is 32.4 Å². The summed E-state index contributed by atoms with van der Waals surface area (Å²) >= 11 is 17.6. The van der Waals surface area contributed by atoms with Gasteiger partial charge in [0.1, 0.15) is 24.1 Å². The molecule has 0 unspecified atom stereocenters. The van der Waals surface area contributed by atoms with Gasteiger partial charge in [-0.2, -0.15) is 5.26 Å². The Kier molecular flexibility index (Phi) is 26.3. The molecule has 298 valence electrons. The van der Waals surface area contributed by atoms with Crippen LogP contribution in [0.3, 0.4) is 0 Å². The Balaban J connectivity index is 0.000000935.